The molecule has 4 nitrogen and oxygen atoms in total. The molecule has 94 valence electrons. The fourth-order valence-electron chi connectivity index (χ4n) is 2.14. The minimum absolute atomic E-state index is 0.636. The van der Waals surface area contributed by atoms with Crippen molar-refractivity contribution in [2.24, 2.45) is 0 Å². The van der Waals surface area contributed by atoms with Crippen LogP contribution in [0, 0.1) is 0 Å². The molecule has 0 aliphatic carbocycles. The number of para-hydroxylation sites is 1. The molecule has 1 aromatic carbocycles. The van der Waals surface area contributed by atoms with E-state index in [1.54, 1.807) is 0 Å². The molecule has 0 atom stereocenters. The highest BCUT2D eigenvalue weighted by molar-refractivity contribution is 7.13. The van der Waals surface area contributed by atoms with Crippen molar-refractivity contribution >= 4 is 16.5 Å². The van der Waals surface area contributed by atoms with Crippen molar-refractivity contribution in [1.29, 1.82) is 0 Å². The fourth-order valence-corrected chi connectivity index (χ4v) is 2.69. The van der Waals surface area contributed by atoms with Crippen LogP contribution >= 0.6 is 11.3 Å². The highest BCUT2D eigenvalue weighted by Gasteiger charge is 2.15. The van der Waals surface area contributed by atoms with Crippen molar-refractivity contribution in [3.8, 4) is 5.75 Å². The Kier molecular flexibility index (Phi) is 3.17. The topological polar surface area (TPSA) is 51.4 Å². The Morgan fingerprint density at radius 3 is 3.11 bits per heavy atom. The van der Waals surface area contributed by atoms with Crippen LogP contribution in [-0.2, 0) is 13.1 Å². The third kappa shape index (κ3) is 2.47. The molecule has 0 amide bonds. The number of aromatic nitrogens is 1. The van der Waals surface area contributed by atoms with Crippen LogP contribution < -0.4 is 10.5 Å². The van der Waals surface area contributed by atoms with Crippen LogP contribution in [0.25, 0.3) is 0 Å². The van der Waals surface area contributed by atoms with Gasteiger partial charge in [-0.05, 0) is 6.07 Å². The second-order valence-electron chi connectivity index (χ2n) is 4.34. The molecule has 0 saturated heterocycles. The Labute approximate surface area is 110 Å². The molecule has 0 saturated carbocycles. The molecule has 0 fully saturated rings. The molecule has 0 spiro atoms. The fraction of sp³-hybridized carbons (Fsp3) is 0.308. The molecule has 0 radical (unpaired) electrons. The predicted molar refractivity (Wildman–Crippen MR) is 72.6 cm³/mol. The zero-order valence-corrected chi connectivity index (χ0v) is 10.8. The summed E-state index contributed by atoms with van der Waals surface area (Å²) in [5.74, 6) is 0.998. The summed E-state index contributed by atoms with van der Waals surface area (Å²) in [7, 11) is 0. The first-order valence-corrected chi connectivity index (χ1v) is 6.82. The van der Waals surface area contributed by atoms with Crippen LogP contribution in [-0.4, -0.2) is 23.0 Å². The van der Waals surface area contributed by atoms with Crippen LogP contribution in [0.5, 0.6) is 5.75 Å². The van der Waals surface area contributed by atoms with Crippen LogP contribution in [0.2, 0.25) is 0 Å². The van der Waals surface area contributed by atoms with Gasteiger partial charge in [-0.1, -0.05) is 18.2 Å². The van der Waals surface area contributed by atoms with E-state index < -0.39 is 0 Å². The second kappa shape index (κ2) is 4.96. The lowest BCUT2D eigenvalue weighted by Crippen LogP contribution is -2.25. The zero-order valence-electron chi connectivity index (χ0n) is 10.0. The van der Waals surface area contributed by atoms with Crippen molar-refractivity contribution < 1.29 is 4.74 Å². The lowest BCUT2D eigenvalue weighted by Gasteiger charge is -2.17. The van der Waals surface area contributed by atoms with Crippen LogP contribution in [0.4, 0.5) is 5.13 Å². The molecule has 3 rings (SSSR count). The summed E-state index contributed by atoms with van der Waals surface area (Å²) in [6.45, 7) is 3.35. The van der Waals surface area contributed by atoms with E-state index in [-0.39, 0.29) is 0 Å². The molecule has 0 unspecified atom stereocenters. The summed E-state index contributed by atoms with van der Waals surface area (Å²) in [4.78, 5) is 6.64. The molecule has 2 aromatic rings. The SMILES string of the molecule is Nc1nc(CN2CCOc3ccccc3C2)cs1. The van der Waals surface area contributed by atoms with Gasteiger partial charge in [0.25, 0.3) is 0 Å². The average Bonchev–Trinajstić information content (AvgIpc) is 2.66. The van der Waals surface area contributed by atoms with E-state index in [0.717, 1.165) is 37.7 Å². The maximum absolute atomic E-state index is 5.74. The van der Waals surface area contributed by atoms with E-state index in [2.05, 4.69) is 16.0 Å². The van der Waals surface area contributed by atoms with Crippen molar-refractivity contribution in [3.63, 3.8) is 0 Å². The first kappa shape index (κ1) is 11.5. The van der Waals surface area contributed by atoms with Gasteiger partial charge in [0.1, 0.15) is 12.4 Å². The summed E-state index contributed by atoms with van der Waals surface area (Å²) < 4.78 is 5.74. The quantitative estimate of drug-likeness (QED) is 0.899. The van der Waals surface area contributed by atoms with E-state index in [4.69, 9.17) is 10.5 Å². The highest BCUT2D eigenvalue weighted by atomic mass is 32.1. The number of benzene rings is 1. The smallest absolute Gasteiger partial charge is 0.180 e. The molecule has 0 bridgehead atoms. The van der Waals surface area contributed by atoms with Gasteiger partial charge in [-0.25, -0.2) is 4.98 Å². The standard InChI is InChI=1S/C13H15N3OS/c14-13-15-11(9-18-13)8-16-5-6-17-12-4-2-1-3-10(12)7-16/h1-4,9H,5-8H2,(H2,14,15). The van der Waals surface area contributed by atoms with Gasteiger partial charge in [0.05, 0.1) is 5.69 Å². The zero-order chi connectivity index (χ0) is 12.4. The number of fused-ring (bicyclic) bond motifs is 1. The average molecular weight is 261 g/mol. The lowest BCUT2D eigenvalue weighted by molar-refractivity contribution is 0.218. The van der Waals surface area contributed by atoms with Crippen LogP contribution in [0.15, 0.2) is 29.6 Å². The summed E-state index contributed by atoms with van der Waals surface area (Å²) in [5, 5.41) is 2.66. The minimum Gasteiger partial charge on any atom is -0.492 e. The molecule has 2 heterocycles. The van der Waals surface area contributed by atoms with Gasteiger partial charge in [0.2, 0.25) is 0 Å². The first-order chi connectivity index (χ1) is 8.81. The van der Waals surface area contributed by atoms with Gasteiger partial charge in [-0.3, -0.25) is 4.90 Å². The van der Waals surface area contributed by atoms with Gasteiger partial charge in [0, 0.05) is 30.6 Å². The number of rotatable bonds is 2. The van der Waals surface area contributed by atoms with Crippen LogP contribution in [0.1, 0.15) is 11.3 Å². The number of nitrogen functional groups attached to an aromatic ring is 1. The first-order valence-electron chi connectivity index (χ1n) is 5.94. The van der Waals surface area contributed by atoms with Crippen molar-refractivity contribution in [2.75, 3.05) is 18.9 Å². The van der Waals surface area contributed by atoms with E-state index in [0.29, 0.717) is 5.13 Å². The number of ether oxygens (including phenoxy) is 1. The summed E-state index contributed by atoms with van der Waals surface area (Å²) in [5.41, 5.74) is 7.93. The van der Waals surface area contributed by atoms with Gasteiger partial charge in [0.15, 0.2) is 5.13 Å². The number of thiazole rings is 1. The largest absolute Gasteiger partial charge is 0.492 e. The van der Waals surface area contributed by atoms with Gasteiger partial charge in [-0.15, -0.1) is 11.3 Å². The normalized spacial score (nSPS) is 15.8. The Balaban J connectivity index is 1.75. The highest BCUT2D eigenvalue weighted by Crippen LogP contribution is 2.23. The summed E-state index contributed by atoms with van der Waals surface area (Å²) >= 11 is 1.49. The monoisotopic (exact) mass is 261 g/mol. The van der Waals surface area contributed by atoms with Crippen LogP contribution in [0.3, 0.4) is 0 Å². The summed E-state index contributed by atoms with van der Waals surface area (Å²) in [6.07, 6.45) is 0. The van der Waals surface area contributed by atoms with E-state index in [1.165, 1.54) is 16.9 Å². The molecule has 2 N–H and O–H groups in total. The van der Waals surface area contributed by atoms with Crippen molar-refractivity contribution in [2.45, 2.75) is 13.1 Å². The number of nitrogens with two attached hydrogens (primary N) is 1. The van der Waals surface area contributed by atoms with E-state index in [9.17, 15) is 0 Å². The van der Waals surface area contributed by atoms with E-state index >= 15 is 0 Å². The molecule has 1 aliphatic rings. The van der Waals surface area contributed by atoms with Crippen molar-refractivity contribution in [3.05, 3.63) is 40.9 Å². The molecule has 5 heteroatoms. The van der Waals surface area contributed by atoms with Gasteiger partial charge in [-0.2, -0.15) is 0 Å². The molecule has 18 heavy (non-hydrogen) atoms. The third-order valence-electron chi connectivity index (χ3n) is 2.99. The number of hydrogen-bond acceptors (Lipinski definition) is 5. The Bertz CT molecular complexity index is 541. The summed E-state index contributed by atoms with van der Waals surface area (Å²) in [6, 6.07) is 8.20. The number of hydrogen-bond donors (Lipinski definition) is 1. The van der Waals surface area contributed by atoms with E-state index in [1.807, 2.05) is 23.6 Å². The molecular formula is C13H15N3OS. The van der Waals surface area contributed by atoms with Gasteiger partial charge >= 0.3 is 0 Å². The molecular weight excluding hydrogens is 246 g/mol. The molecule has 1 aliphatic heterocycles. The Hall–Kier alpha value is -1.59. The molecule has 1 aromatic heterocycles. The Morgan fingerprint density at radius 1 is 1.39 bits per heavy atom. The number of anilines is 1. The third-order valence-corrected chi connectivity index (χ3v) is 3.71. The Morgan fingerprint density at radius 2 is 2.28 bits per heavy atom. The van der Waals surface area contributed by atoms with Gasteiger partial charge < -0.3 is 10.5 Å². The predicted octanol–water partition coefficient (Wildman–Crippen LogP) is 2.12. The number of nitrogens with zero attached hydrogens (tertiary/aromatic N) is 2. The lowest BCUT2D eigenvalue weighted by atomic mass is 10.2. The maximum Gasteiger partial charge on any atom is 0.180 e. The van der Waals surface area contributed by atoms with Crippen molar-refractivity contribution in [1.82, 2.24) is 9.88 Å². The maximum atomic E-state index is 5.74. The minimum atomic E-state index is 0.636. The second-order valence-corrected chi connectivity index (χ2v) is 5.23.